The number of carbonyl (C=O) groups is 1. The Balaban J connectivity index is 1.48. The highest BCUT2D eigenvalue weighted by Crippen LogP contribution is 2.25. The van der Waals surface area contributed by atoms with E-state index in [0.717, 1.165) is 37.6 Å². The third kappa shape index (κ3) is 5.10. The summed E-state index contributed by atoms with van der Waals surface area (Å²) in [6.45, 7) is 8.61. The molecule has 0 N–H and O–H groups in total. The molecule has 0 aromatic heterocycles. The molecular formula is C21H26N2OS. The van der Waals surface area contributed by atoms with Crippen LogP contribution in [0.4, 0.5) is 0 Å². The van der Waals surface area contributed by atoms with Gasteiger partial charge in [0.15, 0.2) is 0 Å². The smallest absolute Gasteiger partial charge is 0.235 e. The van der Waals surface area contributed by atoms with Crippen molar-refractivity contribution in [2.45, 2.75) is 30.5 Å². The van der Waals surface area contributed by atoms with Crippen LogP contribution in [0.1, 0.15) is 18.1 Å². The summed E-state index contributed by atoms with van der Waals surface area (Å²) in [6.07, 6.45) is 0. The highest BCUT2D eigenvalue weighted by molar-refractivity contribution is 8.00. The van der Waals surface area contributed by atoms with Gasteiger partial charge in [0.2, 0.25) is 5.91 Å². The lowest BCUT2D eigenvalue weighted by Gasteiger charge is -2.35. The molecule has 0 radical (unpaired) electrons. The van der Waals surface area contributed by atoms with Gasteiger partial charge in [-0.1, -0.05) is 48.0 Å². The Morgan fingerprint density at radius 1 is 1.00 bits per heavy atom. The lowest BCUT2D eigenvalue weighted by atomic mass is 10.2. The summed E-state index contributed by atoms with van der Waals surface area (Å²) in [7, 11) is 0. The Kier molecular flexibility index (Phi) is 6.16. The predicted molar refractivity (Wildman–Crippen MR) is 105 cm³/mol. The SMILES string of the molecule is Cc1ccc(S[C@H](C)C(=O)N2CCN(Cc3ccccc3)CC2)cc1. The van der Waals surface area contributed by atoms with Crippen molar-refractivity contribution in [1.29, 1.82) is 0 Å². The molecule has 0 bridgehead atoms. The fraction of sp³-hybridized carbons (Fsp3) is 0.381. The molecule has 2 aromatic carbocycles. The monoisotopic (exact) mass is 354 g/mol. The Labute approximate surface area is 155 Å². The zero-order valence-corrected chi connectivity index (χ0v) is 15.8. The minimum Gasteiger partial charge on any atom is -0.339 e. The van der Waals surface area contributed by atoms with Crippen molar-refractivity contribution in [3.63, 3.8) is 0 Å². The van der Waals surface area contributed by atoms with Crippen molar-refractivity contribution in [2.75, 3.05) is 26.2 Å². The van der Waals surface area contributed by atoms with Crippen LogP contribution in [0.15, 0.2) is 59.5 Å². The predicted octanol–water partition coefficient (Wildman–Crippen LogP) is 3.82. The first-order valence-electron chi connectivity index (χ1n) is 8.90. The maximum atomic E-state index is 12.7. The van der Waals surface area contributed by atoms with Gasteiger partial charge in [0.1, 0.15) is 0 Å². The summed E-state index contributed by atoms with van der Waals surface area (Å²) in [5, 5.41) is -0.0385. The quantitative estimate of drug-likeness (QED) is 0.763. The molecule has 3 rings (SSSR count). The summed E-state index contributed by atoms with van der Waals surface area (Å²) in [4.78, 5) is 18.3. The van der Waals surface area contributed by atoms with Crippen LogP contribution in [0.25, 0.3) is 0 Å². The maximum absolute atomic E-state index is 12.7. The highest BCUT2D eigenvalue weighted by atomic mass is 32.2. The molecule has 1 atom stereocenters. The molecule has 3 nitrogen and oxygen atoms in total. The molecule has 0 unspecified atom stereocenters. The van der Waals surface area contributed by atoms with Gasteiger partial charge in [0.05, 0.1) is 5.25 Å². The number of amides is 1. The van der Waals surface area contributed by atoms with Gasteiger partial charge in [-0.25, -0.2) is 0 Å². The van der Waals surface area contributed by atoms with E-state index >= 15 is 0 Å². The molecule has 4 heteroatoms. The summed E-state index contributed by atoms with van der Waals surface area (Å²) in [5.74, 6) is 0.255. The minimum absolute atomic E-state index is 0.0385. The Morgan fingerprint density at radius 3 is 2.28 bits per heavy atom. The number of benzene rings is 2. The number of hydrogen-bond acceptors (Lipinski definition) is 3. The van der Waals surface area contributed by atoms with E-state index in [-0.39, 0.29) is 11.2 Å². The van der Waals surface area contributed by atoms with Crippen molar-refractivity contribution >= 4 is 17.7 Å². The number of rotatable bonds is 5. The second-order valence-corrected chi connectivity index (χ2v) is 8.07. The molecule has 1 fully saturated rings. The number of carbonyl (C=O) groups excluding carboxylic acids is 1. The zero-order chi connectivity index (χ0) is 17.6. The molecule has 1 amide bonds. The van der Waals surface area contributed by atoms with Gasteiger partial charge in [-0.15, -0.1) is 11.8 Å². The van der Waals surface area contributed by atoms with Gasteiger partial charge in [-0.2, -0.15) is 0 Å². The van der Waals surface area contributed by atoms with E-state index in [1.807, 2.05) is 17.9 Å². The van der Waals surface area contributed by atoms with Crippen molar-refractivity contribution in [3.8, 4) is 0 Å². The largest absolute Gasteiger partial charge is 0.339 e. The molecule has 25 heavy (non-hydrogen) atoms. The first-order chi connectivity index (χ1) is 12.1. The first-order valence-corrected chi connectivity index (χ1v) is 9.78. The Morgan fingerprint density at radius 2 is 1.64 bits per heavy atom. The van der Waals surface area contributed by atoms with Crippen molar-refractivity contribution < 1.29 is 4.79 Å². The van der Waals surface area contributed by atoms with E-state index in [0.29, 0.717) is 0 Å². The summed E-state index contributed by atoms with van der Waals surface area (Å²) in [6, 6.07) is 18.9. The van der Waals surface area contributed by atoms with Crippen LogP contribution in [0.3, 0.4) is 0 Å². The van der Waals surface area contributed by atoms with E-state index in [1.54, 1.807) is 11.8 Å². The van der Waals surface area contributed by atoms with Gasteiger partial charge < -0.3 is 4.90 Å². The molecule has 2 aromatic rings. The van der Waals surface area contributed by atoms with Gasteiger partial charge in [-0.3, -0.25) is 9.69 Å². The van der Waals surface area contributed by atoms with Crippen molar-refractivity contribution in [2.24, 2.45) is 0 Å². The van der Waals surface area contributed by atoms with Crippen LogP contribution in [-0.4, -0.2) is 47.1 Å². The third-order valence-electron chi connectivity index (χ3n) is 4.61. The van der Waals surface area contributed by atoms with E-state index in [9.17, 15) is 4.79 Å². The molecule has 132 valence electrons. The molecule has 1 heterocycles. The highest BCUT2D eigenvalue weighted by Gasteiger charge is 2.25. The number of hydrogen-bond donors (Lipinski definition) is 0. The van der Waals surface area contributed by atoms with Crippen LogP contribution in [0.5, 0.6) is 0 Å². The van der Waals surface area contributed by atoms with E-state index in [1.165, 1.54) is 11.1 Å². The minimum atomic E-state index is -0.0385. The van der Waals surface area contributed by atoms with Crippen LogP contribution >= 0.6 is 11.8 Å². The van der Waals surface area contributed by atoms with E-state index < -0.39 is 0 Å². The zero-order valence-electron chi connectivity index (χ0n) is 15.0. The van der Waals surface area contributed by atoms with Crippen molar-refractivity contribution in [1.82, 2.24) is 9.80 Å². The standard InChI is InChI=1S/C21H26N2OS/c1-17-8-10-20(11-9-17)25-18(2)21(24)23-14-12-22(13-15-23)16-19-6-4-3-5-7-19/h3-11,18H,12-16H2,1-2H3/t18-/m1/s1. The van der Waals surface area contributed by atoms with Crippen LogP contribution in [0.2, 0.25) is 0 Å². The second kappa shape index (κ2) is 8.54. The van der Waals surface area contributed by atoms with Crippen molar-refractivity contribution in [3.05, 3.63) is 65.7 Å². The van der Waals surface area contributed by atoms with E-state index in [4.69, 9.17) is 0 Å². The molecule has 1 aliphatic heterocycles. The average molecular weight is 355 g/mol. The number of piperazine rings is 1. The molecular weight excluding hydrogens is 328 g/mol. The summed E-state index contributed by atoms with van der Waals surface area (Å²) >= 11 is 1.65. The average Bonchev–Trinajstić information content (AvgIpc) is 2.64. The van der Waals surface area contributed by atoms with Gasteiger partial charge in [0.25, 0.3) is 0 Å². The Bertz CT molecular complexity index is 679. The number of thioether (sulfide) groups is 1. The van der Waals surface area contributed by atoms with Crippen LogP contribution < -0.4 is 0 Å². The molecule has 0 spiro atoms. The van der Waals surface area contributed by atoms with Gasteiger partial charge in [-0.05, 0) is 31.5 Å². The summed E-state index contributed by atoms with van der Waals surface area (Å²) < 4.78 is 0. The molecule has 0 aliphatic carbocycles. The number of aryl methyl sites for hydroxylation is 1. The fourth-order valence-corrected chi connectivity index (χ4v) is 4.05. The van der Waals surface area contributed by atoms with Gasteiger partial charge >= 0.3 is 0 Å². The Hall–Kier alpha value is -1.78. The topological polar surface area (TPSA) is 23.6 Å². The lowest BCUT2D eigenvalue weighted by molar-refractivity contribution is -0.132. The fourth-order valence-electron chi connectivity index (χ4n) is 3.10. The second-order valence-electron chi connectivity index (χ2n) is 6.66. The lowest BCUT2D eigenvalue weighted by Crippen LogP contribution is -2.50. The maximum Gasteiger partial charge on any atom is 0.235 e. The summed E-state index contributed by atoms with van der Waals surface area (Å²) in [5.41, 5.74) is 2.59. The molecule has 1 aliphatic rings. The number of nitrogens with zero attached hydrogens (tertiary/aromatic N) is 2. The van der Waals surface area contributed by atoms with Gasteiger partial charge in [0, 0.05) is 37.6 Å². The normalized spacial score (nSPS) is 16.6. The first kappa shape index (κ1) is 18.0. The third-order valence-corrected chi connectivity index (χ3v) is 5.71. The molecule has 1 saturated heterocycles. The van der Waals surface area contributed by atoms with Crippen LogP contribution in [-0.2, 0) is 11.3 Å². The van der Waals surface area contributed by atoms with Crippen LogP contribution in [0, 0.1) is 6.92 Å². The van der Waals surface area contributed by atoms with E-state index in [2.05, 4.69) is 60.4 Å². The molecule has 0 saturated carbocycles.